The normalized spacial score (nSPS) is 17.7. The second-order valence-corrected chi connectivity index (χ2v) is 35.8. The number of likely N-dealkylation sites (tertiary alicyclic amines) is 1. The molecule has 35 nitrogen and oxygen atoms in total. The van der Waals surface area contributed by atoms with Gasteiger partial charge in [-0.05, 0) is 186 Å². The van der Waals surface area contributed by atoms with Crippen LogP contribution in [-0.4, -0.2) is 168 Å². The molecule has 7 aliphatic heterocycles. The lowest BCUT2D eigenvalue weighted by Gasteiger charge is -2.41. The summed E-state index contributed by atoms with van der Waals surface area (Å²) in [6, 6.07) is 21.7. The Hall–Kier alpha value is -11.2. The summed E-state index contributed by atoms with van der Waals surface area (Å²) in [6.45, 7) is 3.22. The highest BCUT2D eigenvalue weighted by molar-refractivity contribution is 7.66. The topological polar surface area (TPSA) is 509 Å². The van der Waals surface area contributed by atoms with E-state index < -0.39 is 83.3 Å². The number of amides is 5. The highest BCUT2D eigenvalue weighted by Gasteiger charge is 2.46. The fourth-order valence-corrected chi connectivity index (χ4v) is 20.6. The lowest BCUT2D eigenvalue weighted by molar-refractivity contribution is -0.129. The SMILES string of the molecule is Nc1nc(=O)n(C2CCC(COP(=O)(O)OP(=O)(O)OP(=O)(O)O)O2)cc1C#CCNC(=O)CCCCCNC(=O)CCCCCNC(=O)C1(NC(=O)c2ccc(-c3c4cc5c6c(c4[o+]c4c7c8c(cc34)CCCN8CCC7)CCCN6CCC5)c(C(=O)O)c2)CCN(C(=O)c2ccc(-c3c4ccc(=O)cc-4oc4cc(O)ccc34)c(C(=O)O)c2)CC1. The molecular weight excluding hydrogens is 1640 g/mol. The molecule has 13 N–H and O–H groups in total. The van der Waals surface area contributed by atoms with Crippen LogP contribution in [0, 0.1) is 11.8 Å². The Morgan fingerprint density at radius 1 is 0.631 bits per heavy atom. The van der Waals surface area contributed by atoms with Crippen LogP contribution in [0.2, 0.25) is 0 Å². The van der Waals surface area contributed by atoms with Gasteiger partial charge < -0.3 is 85.7 Å². The van der Waals surface area contributed by atoms with Gasteiger partial charge in [0.1, 0.15) is 34.7 Å². The van der Waals surface area contributed by atoms with Crippen LogP contribution in [0.4, 0.5) is 17.2 Å². The maximum atomic E-state index is 15.2. The quantitative estimate of drug-likeness (QED) is 0.00681. The summed E-state index contributed by atoms with van der Waals surface area (Å²) < 4.78 is 66.9. The smallest absolute Gasteiger partial charge is 0.490 e. The van der Waals surface area contributed by atoms with Crippen molar-refractivity contribution in [3.63, 3.8) is 0 Å². The number of ether oxygens (including phenoxy) is 1. The molecule has 2 fully saturated rings. The number of carboxylic acids is 2. The van der Waals surface area contributed by atoms with Crippen molar-refractivity contribution in [1.29, 1.82) is 0 Å². The van der Waals surface area contributed by atoms with Gasteiger partial charge in [0.15, 0.2) is 5.43 Å². The van der Waals surface area contributed by atoms with E-state index in [4.69, 9.17) is 29.1 Å². The van der Waals surface area contributed by atoms with Gasteiger partial charge in [-0.15, -0.1) is 0 Å². The average molecular weight is 1730 g/mol. The summed E-state index contributed by atoms with van der Waals surface area (Å²) in [5.41, 5.74) is 13.5. The van der Waals surface area contributed by atoms with E-state index in [1.165, 1.54) is 88.2 Å². The van der Waals surface area contributed by atoms with Crippen LogP contribution in [0.3, 0.4) is 0 Å². The van der Waals surface area contributed by atoms with Crippen LogP contribution < -0.4 is 47.9 Å². The zero-order valence-electron chi connectivity index (χ0n) is 66.2. The number of aromatic hydroxyl groups is 1. The number of rotatable bonds is 29. The van der Waals surface area contributed by atoms with Crippen LogP contribution in [0.1, 0.15) is 178 Å². The molecule has 4 unspecified atom stereocenters. The van der Waals surface area contributed by atoms with Gasteiger partial charge in [0.05, 0.1) is 69.2 Å². The molecule has 9 heterocycles. The number of phosphoric ester groups is 1. The number of phosphoric acid groups is 3. The number of aromatic nitrogens is 2. The number of carbonyl (C=O) groups excluding carboxylic acids is 5. The Kier molecular flexibility index (Phi) is 25.1. The first-order valence-electron chi connectivity index (χ1n) is 40.5. The highest BCUT2D eigenvalue weighted by atomic mass is 31.3. The van der Waals surface area contributed by atoms with Crippen molar-refractivity contribution in [3.05, 3.63) is 162 Å². The molecule has 0 bridgehead atoms. The Bertz CT molecular complexity index is 5970. The van der Waals surface area contributed by atoms with Crippen molar-refractivity contribution >= 4 is 115 Å². The lowest BCUT2D eigenvalue weighted by atomic mass is 9.83. The first-order chi connectivity index (χ1) is 58.4. The lowest BCUT2D eigenvalue weighted by Crippen LogP contribution is -2.63. The van der Waals surface area contributed by atoms with Crippen molar-refractivity contribution in [3.8, 4) is 51.2 Å². The molecule has 2 saturated heterocycles. The first kappa shape index (κ1) is 85.7. The van der Waals surface area contributed by atoms with Crippen molar-refractivity contribution in [2.24, 2.45) is 0 Å². The number of carbonyl (C=O) groups is 7. The van der Waals surface area contributed by atoms with E-state index in [9.17, 15) is 72.4 Å². The van der Waals surface area contributed by atoms with Crippen molar-refractivity contribution < 1.29 is 109 Å². The highest BCUT2D eigenvalue weighted by Crippen LogP contribution is 2.66. The number of carboxylic acid groups (broad SMARTS) is 2. The Labute approximate surface area is 696 Å². The number of hydrogen-bond donors (Lipinski definition) is 12. The molecule has 0 saturated carbocycles. The van der Waals surface area contributed by atoms with Crippen LogP contribution >= 0.6 is 23.5 Å². The molecule has 8 aliphatic rings. The van der Waals surface area contributed by atoms with Crippen LogP contribution in [0.5, 0.6) is 5.75 Å². The minimum absolute atomic E-state index is 0.00918. The summed E-state index contributed by atoms with van der Waals surface area (Å²) in [5.74, 6) is 0.273. The first-order valence-corrected chi connectivity index (χ1v) is 45.0. The number of fused-ring (bicyclic) bond motifs is 6. The third kappa shape index (κ3) is 18.7. The Balaban J connectivity index is 0.580. The summed E-state index contributed by atoms with van der Waals surface area (Å²) in [4.78, 5) is 170. The number of aryl methyl sites for hydroxylation is 4. The van der Waals surface area contributed by atoms with E-state index in [-0.39, 0.29) is 138 Å². The molecule has 7 aromatic rings. The van der Waals surface area contributed by atoms with Gasteiger partial charge in [0.2, 0.25) is 17.7 Å². The minimum atomic E-state index is -5.74. The van der Waals surface area contributed by atoms with Crippen molar-refractivity contribution in [2.45, 2.75) is 146 Å². The van der Waals surface area contributed by atoms with E-state index in [0.29, 0.717) is 72.7 Å². The largest absolute Gasteiger partial charge is 0.508 e. The van der Waals surface area contributed by atoms with Crippen LogP contribution in [0.15, 0.2) is 110 Å². The number of unbranched alkanes of at least 4 members (excludes halogenated alkanes) is 4. The molecule has 4 atom stereocenters. The van der Waals surface area contributed by atoms with E-state index in [0.717, 1.165) is 115 Å². The molecule has 15 rings (SSSR count). The molecule has 2 aromatic heterocycles. The van der Waals surface area contributed by atoms with Crippen LogP contribution in [-0.2, 0) is 71.6 Å². The second-order valence-electron chi connectivity index (χ2n) is 31.3. The van der Waals surface area contributed by atoms with Gasteiger partial charge in [0, 0.05) is 117 Å². The van der Waals surface area contributed by atoms with Crippen molar-refractivity contribution in [1.82, 2.24) is 35.7 Å². The molecular formula is C84H90N10O25P3+. The van der Waals surface area contributed by atoms with Gasteiger partial charge in [-0.2, -0.15) is 13.6 Å². The molecule has 5 aromatic carbocycles. The monoisotopic (exact) mass is 1730 g/mol. The molecule has 122 heavy (non-hydrogen) atoms. The maximum absolute atomic E-state index is 15.2. The predicted molar refractivity (Wildman–Crippen MR) is 445 cm³/mol. The van der Waals surface area contributed by atoms with E-state index in [1.807, 2.05) is 0 Å². The van der Waals surface area contributed by atoms with E-state index in [1.54, 1.807) is 18.2 Å². The van der Waals surface area contributed by atoms with E-state index >= 15 is 9.59 Å². The van der Waals surface area contributed by atoms with Gasteiger partial charge in [0.25, 0.3) is 11.8 Å². The van der Waals surface area contributed by atoms with Gasteiger partial charge >= 0.3 is 52.3 Å². The zero-order chi connectivity index (χ0) is 86.1. The molecule has 0 spiro atoms. The Morgan fingerprint density at radius 2 is 1.22 bits per heavy atom. The molecule has 1 aliphatic carbocycles. The molecule has 0 radical (unpaired) electrons. The fourth-order valence-electron chi connectivity index (χ4n) is 17.6. The fraction of sp³-hybridized carbons (Fsp3) is 0.393. The minimum Gasteiger partial charge on any atom is -0.508 e. The standard InChI is InChI=1S/C84H89N10O25P3/c85-77-52(46-94(83(106)89-77)70-28-23-55(115-70)47-114-121(110,111)119-122(112,113)118-120(107,108)109)12-7-33-87-69(98)18-3-1-5-31-86-68(97)17-4-2-6-32-88-82(105)84(29-38-93(39-30-84)79(100)51-20-25-56(63(43-51)81(103)104)71-58-26-21-53(95)44-66(58)116-67-45-54(96)22-27-59(67)71)90-78(99)50-19-24-57(62(42-50)80(101)102)72-64-40-48-13-8-34-91-36-10-15-60(73(48)91)75(64)117-76-61-16-11-37-92-35-9-14-49(74(61)92)41-65(72)76/h19-22,24-27,40-46,55,70H,1-6,8-11,13-18,23,28-39,47H2,(H12-,85,86,87,88,89,90,95,96,97,98,99,101,102,103,104,105,106,107,108,109,110,111,112,113)/p+1. The molecule has 38 heteroatoms. The molecule has 640 valence electrons. The summed E-state index contributed by atoms with van der Waals surface area (Å²) in [5, 5.41) is 46.3. The third-order valence-electron chi connectivity index (χ3n) is 23.2. The predicted octanol–water partition coefficient (Wildman–Crippen LogP) is 10.00. The number of aromatic carboxylic acids is 2. The number of nitrogens with zero attached hydrogens (tertiary/aromatic N) is 5. The number of nitrogen functional groups attached to an aromatic ring is 1. The summed E-state index contributed by atoms with van der Waals surface area (Å²) in [6.07, 6.45) is 9.85. The number of nitrogens with one attached hydrogen (secondary N) is 4. The number of hydrogen-bond acceptors (Lipinski definition) is 22. The summed E-state index contributed by atoms with van der Waals surface area (Å²) >= 11 is 0. The van der Waals surface area contributed by atoms with Gasteiger partial charge in [-0.1, -0.05) is 36.8 Å². The number of piperidine rings is 1. The average Bonchev–Trinajstić information content (AvgIpc) is 0.904. The number of nitrogens with two attached hydrogens (primary N) is 1. The third-order valence-corrected chi connectivity index (χ3v) is 27.0. The van der Waals surface area contributed by atoms with Gasteiger partial charge in [-0.25, -0.2) is 32.5 Å². The Morgan fingerprint density at radius 3 is 1.85 bits per heavy atom. The summed E-state index contributed by atoms with van der Waals surface area (Å²) in [7, 11) is -16.8. The van der Waals surface area contributed by atoms with E-state index in [2.05, 4.69) is 73.2 Å². The maximum Gasteiger partial charge on any atom is 0.490 e. The number of phenolic OH excluding ortho intramolecular Hbond substituents is 1. The number of benzene rings is 6. The number of anilines is 3. The van der Waals surface area contributed by atoms with Gasteiger partial charge in [-0.3, -0.25) is 37.9 Å². The van der Waals surface area contributed by atoms with Crippen molar-refractivity contribution in [2.75, 3.05) is 81.0 Å². The van der Waals surface area contributed by atoms with Crippen LogP contribution in [0.25, 0.3) is 66.5 Å². The molecule has 5 amide bonds. The number of phenols is 1. The second kappa shape index (κ2) is 35.7. The zero-order valence-corrected chi connectivity index (χ0v) is 68.8.